The van der Waals surface area contributed by atoms with Crippen LogP contribution in [-0.4, -0.2) is 30.5 Å². The van der Waals surface area contributed by atoms with Crippen LogP contribution in [0.15, 0.2) is 24.3 Å². The third-order valence-corrected chi connectivity index (χ3v) is 2.67. The Morgan fingerprint density at radius 2 is 1.83 bits per heavy atom. The lowest BCUT2D eigenvalue weighted by molar-refractivity contribution is 0.0755. The summed E-state index contributed by atoms with van der Waals surface area (Å²) in [6, 6.07) is 7.42. The summed E-state index contributed by atoms with van der Waals surface area (Å²) >= 11 is 0. The largest absolute Gasteiger partial charge is 0.494 e. The molecule has 0 aliphatic rings. The number of hydrogen-bond acceptors (Lipinski definition) is 2. The third kappa shape index (κ3) is 4.06. The lowest BCUT2D eigenvalue weighted by Gasteiger charge is -2.21. The van der Waals surface area contributed by atoms with Crippen LogP contribution in [0.3, 0.4) is 0 Å². The van der Waals surface area contributed by atoms with Crippen molar-refractivity contribution >= 4 is 5.91 Å². The Morgan fingerprint density at radius 3 is 2.39 bits per heavy atom. The van der Waals surface area contributed by atoms with Crippen LogP contribution in [0.2, 0.25) is 0 Å². The Balaban J connectivity index is 2.82. The molecule has 0 saturated carbocycles. The molecular weight excluding hydrogens is 226 g/mol. The molecule has 0 N–H and O–H groups in total. The lowest BCUT2D eigenvalue weighted by atomic mass is 10.1. The van der Waals surface area contributed by atoms with Gasteiger partial charge < -0.3 is 9.64 Å². The van der Waals surface area contributed by atoms with E-state index in [0.717, 1.165) is 31.7 Å². The van der Waals surface area contributed by atoms with E-state index in [1.165, 1.54) is 0 Å². The highest BCUT2D eigenvalue weighted by Gasteiger charge is 2.14. The molecule has 3 nitrogen and oxygen atoms in total. The van der Waals surface area contributed by atoms with E-state index in [1.807, 2.05) is 36.1 Å². The average Bonchev–Trinajstić information content (AvgIpc) is 2.38. The second-order valence-corrected chi connectivity index (χ2v) is 4.25. The number of benzene rings is 1. The van der Waals surface area contributed by atoms with Gasteiger partial charge in [-0.3, -0.25) is 4.79 Å². The first kappa shape index (κ1) is 14.6. The fourth-order valence-electron chi connectivity index (χ4n) is 1.92. The summed E-state index contributed by atoms with van der Waals surface area (Å²) in [6.07, 6.45) is 1.97. The molecule has 0 saturated heterocycles. The zero-order valence-electron chi connectivity index (χ0n) is 11.6. The molecule has 0 radical (unpaired) electrons. The van der Waals surface area contributed by atoms with E-state index in [4.69, 9.17) is 4.74 Å². The van der Waals surface area contributed by atoms with Crippen molar-refractivity contribution in [2.24, 2.45) is 0 Å². The molecule has 0 aliphatic heterocycles. The molecule has 0 fully saturated rings. The number of nitrogens with zero attached hydrogens (tertiary/aromatic N) is 1. The minimum atomic E-state index is 0.0975. The summed E-state index contributed by atoms with van der Waals surface area (Å²) in [5, 5.41) is 0. The highest BCUT2D eigenvalue weighted by atomic mass is 16.5. The maximum Gasteiger partial charge on any atom is 0.253 e. The smallest absolute Gasteiger partial charge is 0.253 e. The summed E-state index contributed by atoms with van der Waals surface area (Å²) in [6.45, 7) is 8.36. The molecule has 0 unspecified atom stereocenters. The van der Waals surface area contributed by atoms with E-state index in [2.05, 4.69) is 13.8 Å². The van der Waals surface area contributed by atoms with E-state index in [9.17, 15) is 4.79 Å². The van der Waals surface area contributed by atoms with Gasteiger partial charge in [-0.05, 0) is 38.0 Å². The Kier molecular flexibility index (Phi) is 6.26. The molecule has 0 heterocycles. The number of rotatable bonds is 7. The van der Waals surface area contributed by atoms with Crippen molar-refractivity contribution in [3.05, 3.63) is 29.8 Å². The van der Waals surface area contributed by atoms with Crippen LogP contribution in [0.25, 0.3) is 0 Å². The molecule has 1 aromatic carbocycles. The van der Waals surface area contributed by atoms with Gasteiger partial charge in [-0.2, -0.15) is 0 Å². The van der Waals surface area contributed by atoms with Gasteiger partial charge in [-0.25, -0.2) is 0 Å². The normalized spacial score (nSPS) is 10.2. The molecule has 1 aromatic rings. The molecule has 0 spiro atoms. The minimum absolute atomic E-state index is 0.0975. The van der Waals surface area contributed by atoms with Crippen LogP contribution in [0.5, 0.6) is 5.75 Å². The number of amides is 1. The van der Waals surface area contributed by atoms with Gasteiger partial charge in [0.15, 0.2) is 0 Å². The molecule has 18 heavy (non-hydrogen) atoms. The van der Waals surface area contributed by atoms with Crippen molar-refractivity contribution in [1.82, 2.24) is 4.90 Å². The van der Waals surface area contributed by atoms with Gasteiger partial charge in [0.2, 0.25) is 0 Å². The van der Waals surface area contributed by atoms with Crippen LogP contribution < -0.4 is 4.74 Å². The van der Waals surface area contributed by atoms with Crippen molar-refractivity contribution in [1.29, 1.82) is 0 Å². The van der Waals surface area contributed by atoms with E-state index in [-0.39, 0.29) is 5.91 Å². The van der Waals surface area contributed by atoms with E-state index >= 15 is 0 Å². The quantitative estimate of drug-likeness (QED) is 0.741. The van der Waals surface area contributed by atoms with Crippen LogP contribution >= 0.6 is 0 Å². The fourth-order valence-corrected chi connectivity index (χ4v) is 1.92. The Morgan fingerprint density at radius 1 is 1.17 bits per heavy atom. The number of carbonyl (C=O) groups is 1. The summed E-state index contributed by atoms with van der Waals surface area (Å²) in [5.74, 6) is 0.858. The number of ether oxygens (including phenoxy) is 1. The molecule has 0 atom stereocenters. The zero-order chi connectivity index (χ0) is 13.4. The molecule has 0 aromatic heterocycles. The SMILES string of the molecule is CCCN(CCC)C(=O)c1cccc(OCC)c1. The lowest BCUT2D eigenvalue weighted by Crippen LogP contribution is -2.32. The summed E-state index contributed by atoms with van der Waals surface area (Å²) in [7, 11) is 0. The molecule has 1 amide bonds. The van der Waals surface area contributed by atoms with Crippen LogP contribution in [-0.2, 0) is 0 Å². The van der Waals surface area contributed by atoms with Crippen LogP contribution in [0.1, 0.15) is 44.0 Å². The Labute approximate surface area is 110 Å². The van der Waals surface area contributed by atoms with Gasteiger partial charge in [-0.15, -0.1) is 0 Å². The topological polar surface area (TPSA) is 29.5 Å². The second kappa shape index (κ2) is 7.75. The standard InChI is InChI=1S/C15H23NO2/c1-4-10-16(11-5-2)15(17)13-8-7-9-14(12-13)18-6-3/h7-9,12H,4-6,10-11H2,1-3H3. The third-order valence-electron chi connectivity index (χ3n) is 2.67. The van der Waals surface area contributed by atoms with E-state index in [1.54, 1.807) is 0 Å². The molecule has 100 valence electrons. The monoisotopic (exact) mass is 249 g/mol. The zero-order valence-corrected chi connectivity index (χ0v) is 11.6. The average molecular weight is 249 g/mol. The maximum atomic E-state index is 12.4. The summed E-state index contributed by atoms with van der Waals surface area (Å²) in [5.41, 5.74) is 0.711. The molecule has 3 heteroatoms. The fraction of sp³-hybridized carbons (Fsp3) is 0.533. The van der Waals surface area contributed by atoms with E-state index in [0.29, 0.717) is 12.2 Å². The minimum Gasteiger partial charge on any atom is -0.494 e. The second-order valence-electron chi connectivity index (χ2n) is 4.25. The first-order chi connectivity index (χ1) is 8.72. The Hall–Kier alpha value is -1.51. The maximum absolute atomic E-state index is 12.4. The van der Waals surface area contributed by atoms with Gasteiger partial charge in [-0.1, -0.05) is 19.9 Å². The summed E-state index contributed by atoms with van der Waals surface area (Å²) < 4.78 is 5.43. The van der Waals surface area contributed by atoms with E-state index < -0.39 is 0 Å². The molecule has 0 bridgehead atoms. The van der Waals surface area contributed by atoms with Crippen molar-refractivity contribution in [3.8, 4) is 5.75 Å². The van der Waals surface area contributed by atoms with Gasteiger partial charge in [0, 0.05) is 18.7 Å². The van der Waals surface area contributed by atoms with Gasteiger partial charge in [0.25, 0.3) is 5.91 Å². The first-order valence-electron chi connectivity index (χ1n) is 6.75. The number of carbonyl (C=O) groups excluding carboxylic acids is 1. The van der Waals surface area contributed by atoms with Crippen molar-refractivity contribution in [2.45, 2.75) is 33.6 Å². The van der Waals surface area contributed by atoms with Crippen LogP contribution in [0, 0.1) is 0 Å². The first-order valence-corrected chi connectivity index (χ1v) is 6.75. The highest BCUT2D eigenvalue weighted by Crippen LogP contribution is 2.15. The molecule has 0 aliphatic carbocycles. The summed E-state index contributed by atoms with van der Waals surface area (Å²) in [4.78, 5) is 14.3. The number of hydrogen-bond donors (Lipinski definition) is 0. The highest BCUT2D eigenvalue weighted by molar-refractivity contribution is 5.94. The molecular formula is C15H23NO2. The van der Waals surface area contributed by atoms with Crippen molar-refractivity contribution in [3.63, 3.8) is 0 Å². The van der Waals surface area contributed by atoms with Gasteiger partial charge >= 0.3 is 0 Å². The predicted octanol–water partition coefficient (Wildman–Crippen LogP) is 3.35. The molecule has 1 rings (SSSR count). The van der Waals surface area contributed by atoms with Crippen molar-refractivity contribution < 1.29 is 9.53 Å². The van der Waals surface area contributed by atoms with Crippen LogP contribution in [0.4, 0.5) is 0 Å². The Bertz CT molecular complexity index is 371. The predicted molar refractivity (Wildman–Crippen MR) is 74.1 cm³/mol. The van der Waals surface area contributed by atoms with Gasteiger partial charge in [0.1, 0.15) is 5.75 Å². The van der Waals surface area contributed by atoms with Gasteiger partial charge in [0.05, 0.1) is 6.61 Å². The van der Waals surface area contributed by atoms with Crippen molar-refractivity contribution in [2.75, 3.05) is 19.7 Å².